The standard InChI is InChI=1S/C17H20FNO2/c1-4-15(13-7-5-6-8-16(13)20-2)19-12-9-10-17(21-3)14(18)11-12/h5-11,15,19H,4H2,1-3H3. The van der Waals surface area contributed by atoms with E-state index in [0.29, 0.717) is 5.69 Å². The minimum absolute atomic E-state index is 0.0499. The number of para-hydroxylation sites is 1. The minimum Gasteiger partial charge on any atom is -0.496 e. The van der Waals surface area contributed by atoms with Gasteiger partial charge >= 0.3 is 0 Å². The topological polar surface area (TPSA) is 30.5 Å². The molecular formula is C17H20FNO2. The zero-order valence-corrected chi connectivity index (χ0v) is 12.5. The maximum absolute atomic E-state index is 13.8. The first-order valence-electron chi connectivity index (χ1n) is 6.92. The average Bonchev–Trinajstić information content (AvgIpc) is 2.52. The molecule has 0 fully saturated rings. The molecule has 2 aromatic carbocycles. The van der Waals surface area contributed by atoms with Gasteiger partial charge in [-0.3, -0.25) is 0 Å². The van der Waals surface area contributed by atoms with E-state index in [0.717, 1.165) is 17.7 Å². The number of methoxy groups -OCH3 is 2. The Morgan fingerprint density at radius 1 is 1.05 bits per heavy atom. The van der Waals surface area contributed by atoms with E-state index in [2.05, 4.69) is 12.2 Å². The number of nitrogens with one attached hydrogen (secondary N) is 1. The van der Waals surface area contributed by atoms with E-state index in [4.69, 9.17) is 9.47 Å². The van der Waals surface area contributed by atoms with Gasteiger partial charge in [-0.2, -0.15) is 0 Å². The molecule has 0 amide bonds. The maximum Gasteiger partial charge on any atom is 0.167 e. The van der Waals surface area contributed by atoms with Crippen LogP contribution in [-0.2, 0) is 0 Å². The Morgan fingerprint density at radius 2 is 1.76 bits per heavy atom. The predicted molar refractivity (Wildman–Crippen MR) is 82.6 cm³/mol. The van der Waals surface area contributed by atoms with Crippen molar-refractivity contribution in [3.8, 4) is 11.5 Å². The summed E-state index contributed by atoms with van der Waals surface area (Å²) in [6.07, 6.45) is 0.855. The molecule has 0 spiro atoms. The van der Waals surface area contributed by atoms with Gasteiger partial charge in [0.15, 0.2) is 11.6 Å². The first-order chi connectivity index (χ1) is 10.2. The van der Waals surface area contributed by atoms with Crippen LogP contribution in [0.1, 0.15) is 24.9 Å². The number of rotatable bonds is 6. The second-order valence-corrected chi connectivity index (χ2v) is 4.70. The molecule has 1 atom stereocenters. The molecule has 112 valence electrons. The van der Waals surface area contributed by atoms with Crippen LogP contribution in [0.2, 0.25) is 0 Å². The van der Waals surface area contributed by atoms with Crippen molar-refractivity contribution in [1.82, 2.24) is 0 Å². The number of ether oxygens (including phenoxy) is 2. The molecule has 2 aromatic rings. The zero-order chi connectivity index (χ0) is 15.2. The number of anilines is 1. The van der Waals surface area contributed by atoms with Crippen LogP contribution in [0, 0.1) is 5.82 Å². The third kappa shape index (κ3) is 3.45. The lowest BCUT2D eigenvalue weighted by Gasteiger charge is -2.21. The van der Waals surface area contributed by atoms with E-state index in [1.54, 1.807) is 19.2 Å². The van der Waals surface area contributed by atoms with E-state index >= 15 is 0 Å². The van der Waals surface area contributed by atoms with E-state index in [9.17, 15) is 4.39 Å². The van der Waals surface area contributed by atoms with Gasteiger partial charge in [-0.15, -0.1) is 0 Å². The number of hydrogen-bond donors (Lipinski definition) is 1. The van der Waals surface area contributed by atoms with Crippen molar-refractivity contribution in [1.29, 1.82) is 0 Å². The van der Waals surface area contributed by atoms with Gasteiger partial charge in [0.05, 0.1) is 20.3 Å². The highest BCUT2D eigenvalue weighted by Gasteiger charge is 2.14. The number of halogens is 1. The normalized spacial score (nSPS) is 11.8. The quantitative estimate of drug-likeness (QED) is 0.854. The van der Waals surface area contributed by atoms with Gasteiger partial charge in [-0.05, 0) is 24.6 Å². The highest BCUT2D eigenvalue weighted by Crippen LogP contribution is 2.31. The Balaban J connectivity index is 2.25. The molecule has 0 aliphatic carbocycles. The molecule has 0 heterocycles. The Kier molecular flexibility index (Phi) is 5.04. The maximum atomic E-state index is 13.8. The van der Waals surface area contributed by atoms with Crippen LogP contribution in [0.25, 0.3) is 0 Å². The summed E-state index contributed by atoms with van der Waals surface area (Å²) < 4.78 is 24.1. The van der Waals surface area contributed by atoms with Crippen LogP contribution < -0.4 is 14.8 Å². The lowest BCUT2D eigenvalue weighted by molar-refractivity contribution is 0.386. The molecule has 1 N–H and O–H groups in total. The van der Waals surface area contributed by atoms with Crippen molar-refractivity contribution >= 4 is 5.69 Å². The first-order valence-corrected chi connectivity index (χ1v) is 6.92. The molecule has 3 nitrogen and oxygen atoms in total. The van der Waals surface area contributed by atoms with Gasteiger partial charge in [0.2, 0.25) is 0 Å². The molecule has 0 aliphatic rings. The Bertz CT molecular complexity index is 601. The summed E-state index contributed by atoms with van der Waals surface area (Å²) >= 11 is 0. The SMILES string of the molecule is CCC(Nc1ccc(OC)c(F)c1)c1ccccc1OC. The van der Waals surface area contributed by atoms with Gasteiger partial charge in [-0.25, -0.2) is 4.39 Å². The molecule has 0 saturated carbocycles. The molecule has 4 heteroatoms. The zero-order valence-electron chi connectivity index (χ0n) is 12.5. The Hall–Kier alpha value is -2.23. The summed E-state index contributed by atoms with van der Waals surface area (Å²) in [7, 11) is 3.10. The molecule has 1 unspecified atom stereocenters. The molecule has 21 heavy (non-hydrogen) atoms. The van der Waals surface area contributed by atoms with Crippen LogP contribution in [-0.4, -0.2) is 14.2 Å². The molecule has 0 aromatic heterocycles. The van der Waals surface area contributed by atoms with E-state index in [-0.39, 0.29) is 17.6 Å². The lowest BCUT2D eigenvalue weighted by Crippen LogP contribution is -2.11. The first kappa shape index (κ1) is 15.2. The summed E-state index contributed by atoms with van der Waals surface area (Å²) in [5.41, 5.74) is 1.77. The summed E-state index contributed by atoms with van der Waals surface area (Å²) in [5.74, 6) is 0.689. The molecular weight excluding hydrogens is 269 g/mol. The fourth-order valence-electron chi connectivity index (χ4n) is 2.31. The predicted octanol–water partition coefficient (Wildman–Crippen LogP) is 4.41. The second-order valence-electron chi connectivity index (χ2n) is 4.70. The lowest BCUT2D eigenvalue weighted by atomic mass is 10.0. The molecule has 0 saturated heterocycles. The third-order valence-corrected chi connectivity index (χ3v) is 3.42. The summed E-state index contributed by atoms with van der Waals surface area (Å²) in [6, 6.07) is 12.8. The van der Waals surface area contributed by atoms with Gasteiger partial charge in [-0.1, -0.05) is 25.1 Å². The van der Waals surface area contributed by atoms with Crippen molar-refractivity contribution in [2.75, 3.05) is 19.5 Å². The van der Waals surface area contributed by atoms with Crippen LogP contribution in [0.15, 0.2) is 42.5 Å². The summed E-state index contributed by atoms with van der Waals surface area (Å²) in [5, 5.41) is 3.34. The van der Waals surface area contributed by atoms with Gasteiger partial charge in [0.1, 0.15) is 5.75 Å². The van der Waals surface area contributed by atoms with Gasteiger partial charge in [0, 0.05) is 17.3 Å². The molecule has 2 rings (SSSR count). The Labute approximate surface area is 124 Å². The number of benzene rings is 2. The van der Waals surface area contributed by atoms with Crippen LogP contribution in [0.4, 0.5) is 10.1 Å². The van der Waals surface area contributed by atoms with Crippen molar-refractivity contribution < 1.29 is 13.9 Å². The van der Waals surface area contributed by atoms with Crippen LogP contribution in [0.3, 0.4) is 0 Å². The fraction of sp³-hybridized carbons (Fsp3) is 0.294. The molecule has 0 aliphatic heterocycles. The van der Waals surface area contributed by atoms with Crippen LogP contribution >= 0.6 is 0 Å². The Morgan fingerprint density at radius 3 is 2.38 bits per heavy atom. The van der Waals surface area contributed by atoms with Crippen LogP contribution in [0.5, 0.6) is 11.5 Å². The smallest absolute Gasteiger partial charge is 0.167 e. The largest absolute Gasteiger partial charge is 0.496 e. The second kappa shape index (κ2) is 6.97. The third-order valence-electron chi connectivity index (χ3n) is 3.42. The van der Waals surface area contributed by atoms with Gasteiger partial charge < -0.3 is 14.8 Å². The average molecular weight is 289 g/mol. The van der Waals surface area contributed by atoms with E-state index in [1.165, 1.54) is 13.2 Å². The van der Waals surface area contributed by atoms with E-state index < -0.39 is 0 Å². The number of hydrogen-bond acceptors (Lipinski definition) is 3. The minimum atomic E-state index is -0.377. The molecule has 0 bridgehead atoms. The summed E-state index contributed by atoms with van der Waals surface area (Å²) in [4.78, 5) is 0. The van der Waals surface area contributed by atoms with Crippen molar-refractivity contribution in [3.05, 3.63) is 53.8 Å². The fourth-order valence-corrected chi connectivity index (χ4v) is 2.31. The van der Waals surface area contributed by atoms with Crippen molar-refractivity contribution in [3.63, 3.8) is 0 Å². The van der Waals surface area contributed by atoms with Crippen molar-refractivity contribution in [2.24, 2.45) is 0 Å². The molecule has 0 radical (unpaired) electrons. The summed E-state index contributed by atoms with van der Waals surface area (Å²) in [6.45, 7) is 2.07. The highest BCUT2D eigenvalue weighted by molar-refractivity contribution is 5.50. The van der Waals surface area contributed by atoms with Gasteiger partial charge in [0.25, 0.3) is 0 Å². The highest BCUT2D eigenvalue weighted by atomic mass is 19.1. The van der Waals surface area contributed by atoms with Crippen molar-refractivity contribution in [2.45, 2.75) is 19.4 Å². The monoisotopic (exact) mass is 289 g/mol. The van der Waals surface area contributed by atoms with E-state index in [1.807, 2.05) is 24.3 Å².